The molecule has 0 bridgehead atoms. The second-order valence-electron chi connectivity index (χ2n) is 6.36. The Kier molecular flexibility index (Phi) is 7.16. The van der Waals surface area contributed by atoms with Crippen LogP contribution in [0.3, 0.4) is 0 Å². The molecule has 0 radical (unpaired) electrons. The molecule has 1 aromatic carbocycles. The molecule has 0 aliphatic carbocycles. The molecule has 0 spiro atoms. The minimum absolute atomic E-state index is 0.0904. The van der Waals surface area contributed by atoms with Gasteiger partial charge in [-0.15, -0.1) is 0 Å². The number of esters is 1. The lowest BCUT2D eigenvalue weighted by molar-refractivity contribution is -0.148. The lowest BCUT2D eigenvalue weighted by Gasteiger charge is -2.28. The molecule has 0 saturated heterocycles. The van der Waals surface area contributed by atoms with Crippen molar-refractivity contribution in [2.45, 2.75) is 20.3 Å². The molecule has 27 heavy (non-hydrogen) atoms. The van der Waals surface area contributed by atoms with E-state index in [0.717, 1.165) is 0 Å². The van der Waals surface area contributed by atoms with Crippen LogP contribution in [0.25, 0.3) is 0 Å². The van der Waals surface area contributed by atoms with Gasteiger partial charge in [0, 0.05) is 13.1 Å². The summed E-state index contributed by atoms with van der Waals surface area (Å²) in [7, 11) is 0. The summed E-state index contributed by atoms with van der Waals surface area (Å²) in [5.74, 6) is -0.822. The number of amides is 4. The molecule has 0 atom stereocenters. The van der Waals surface area contributed by atoms with Crippen molar-refractivity contribution in [3.8, 4) is 5.75 Å². The number of fused-ring (bicyclic) bond motifs is 1. The number of urea groups is 1. The number of nitrogens with zero attached hydrogens (tertiary/aromatic N) is 1. The highest BCUT2D eigenvalue weighted by Crippen LogP contribution is 2.31. The van der Waals surface area contributed by atoms with Crippen molar-refractivity contribution >= 4 is 29.5 Å². The fourth-order valence-corrected chi connectivity index (χ4v) is 2.32. The molecule has 4 amide bonds. The predicted octanol–water partition coefficient (Wildman–Crippen LogP) is 0.827. The monoisotopic (exact) mass is 377 g/mol. The van der Waals surface area contributed by atoms with Crippen LogP contribution >= 0.6 is 0 Å². The Morgan fingerprint density at radius 2 is 2.00 bits per heavy atom. The van der Waals surface area contributed by atoms with Crippen molar-refractivity contribution in [1.29, 1.82) is 0 Å². The molecule has 0 aromatic heterocycles. The van der Waals surface area contributed by atoms with Gasteiger partial charge in [-0.05, 0) is 18.1 Å². The van der Waals surface area contributed by atoms with Gasteiger partial charge in [-0.1, -0.05) is 26.0 Å². The topological polar surface area (TPSA) is 114 Å². The first-order valence-electron chi connectivity index (χ1n) is 8.62. The zero-order valence-electron chi connectivity index (χ0n) is 15.3. The molecule has 0 saturated carbocycles. The van der Waals surface area contributed by atoms with Crippen LogP contribution in [-0.4, -0.2) is 50.1 Å². The molecule has 146 valence electrons. The maximum absolute atomic E-state index is 12.0. The number of nitrogens with one attached hydrogen (secondary N) is 2. The second-order valence-corrected chi connectivity index (χ2v) is 6.36. The molecule has 2 N–H and O–H groups in total. The molecular weight excluding hydrogens is 354 g/mol. The third-order valence-corrected chi connectivity index (χ3v) is 3.64. The molecular formula is C18H23N3O6. The standard InChI is InChI=1S/C18H23N3O6/c1-12(2)9-19-18(25)20-15(22)10-27-17(24)7-8-21-13-5-3-4-6-14(13)26-11-16(21)23/h3-6,12H,7-11H2,1-2H3,(H2,19,20,22,25). The number of rotatable bonds is 7. The number of hydrogen-bond acceptors (Lipinski definition) is 6. The molecule has 9 nitrogen and oxygen atoms in total. The number of ether oxygens (including phenoxy) is 2. The summed E-state index contributed by atoms with van der Waals surface area (Å²) in [4.78, 5) is 48.3. The number of imide groups is 1. The van der Waals surface area contributed by atoms with Crippen LogP contribution in [0.15, 0.2) is 24.3 Å². The predicted molar refractivity (Wildman–Crippen MR) is 96.2 cm³/mol. The van der Waals surface area contributed by atoms with Crippen LogP contribution in [-0.2, 0) is 19.1 Å². The third-order valence-electron chi connectivity index (χ3n) is 3.64. The van der Waals surface area contributed by atoms with Gasteiger partial charge in [-0.3, -0.25) is 19.7 Å². The van der Waals surface area contributed by atoms with Gasteiger partial charge in [-0.2, -0.15) is 0 Å². The summed E-state index contributed by atoms with van der Waals surface area (Å²) in [6.07, 6.45) is -0.0904. The van der Waals surface area contributed by atoms with Crippen molar-refractivity contribution < 1.29 is 28.7 Å². The van der Waals surface area contributed by atoms with Crippen LogP contribution in [0.2, 0.25) is 0 Å². The highest BCUT2D eigenvalue weighted by Gasteiger charge is 2.25. The van der Waals surface area contributed by atoms with E-state index in [4.69, 9.17) is 9.47 Å². The van der Waals surface area contributed by atoms with Crippen molar-refractivity contribution in [2.75, 3.05) is 31.2 Å². The molecule has 0 unspecified atom stereocenters. The lowest BCUT2D eigenvalue weighted by Crippen LogP contribution is -2.43. The van der Waals surface area contributed by atoms with Gasteiger partial charge in [-0.25, -0.2) is 4.79 Å². The van der Waals surface area contributed by atoms with Crippen molar-refractivity contribution in [3.63, 3.8) is 0 Å². The Labute approximate surface area is 157 Å². The number of hydrogen-bond donors (Lipinski definition) is 2. The molecule has 0 fully saturated rings. The van der Waals surface area contributed by atoms with E-state index in [9.17, 15) is 19.2 Å². The van der Waals surface area contributed by atoms with Gasteiger partial charge >= 0.3 is 12.0 Å². The summed E-state index contributed by atoms with van der Waals surface area (Å²) < 4.78 is 10.2. The average molecular weight is 377 g/mol. The molecule has 1 aliphatic rings. The van der Waals surface area contributed by atoms with Crippen LogP contribution < -0.4 is 20.3 Å². The quantitative estimate of drug-likeness (QED) is 0.680. The van der Waals surface area contributed by atoms with E-state index in [1.807, 2.05) is 13.8 Å². The second kappa shape index (κ2) is 9.56. The number of para-hydroxylation sites is 2. The summed E-state index contributed by atoms with van der Waals surface area (Å²) in [6, 6.07) is 6.38. The Morgan fingerprint density at radius 1 is 1.26 bits per heavy atom. The van der Waals surface area contributed by atoms with Gasteiger partial charge in [0.05, 0.1) is 12.1 Å². The number of benzene rings is 1. The van der Waals surface area contributed by atoms with Crippen LogP contribution in [0.4, 0.5) is 10.5 Å². The fourth-order valence-electron chi connectivity index (χ4n) is 2.32. The largest absolute Gasteiger partial charge is 0.482 e. The van der Waals surface area contributed by atoms with Gasteiger partial charge in [0.15, 0.2) is 13.2 Å². The summed E-state index contributed by atoms with van der Waals surface area (Å²) in [6.45, 7) is 3.70. The Morgan fingerprint density at radius 3 is 2.74 bits per heavy atom. The fraction of sp³-hybridized carbons (Fsp3) is 0.444. The Bertz CT molecular complexity index is 719. The summed E-state index contributed by atoms with van der Waals surface area (Å²) in [5.41, 5.74) is 0.584. The third kappa shape index (κ3) is 6.28. The van der Waals surface area contributed by atoms with Gasteiger partial charge < -0.3 is 19.7 Å². The highest BCUT2D eigenvalue weighted by molar-refractivity contribution is 5.98. The van der Waals surface area contributed by atoms with E-state index in [1.54, 1.807) is 24.3 Å². The van der Waals surface area contributed by atoms with Crippen LogP contribution in [0.5, 0.6) is 5.75 Å². The van der Waals surface area contributed by atoms with E-state index in [1.165, 1.54) is 4.90 Å². The van der Waals surface area contributed by atoms with E-state index >= 15 is 0 Å². The van der Waals surface area contributed by atoms with Gasteiger partial charge in [0.2, 0.25) is 0 Å². The first-order valence-corrected chi connectivity index (χ1v) is 8.62. The molecule has 1 aromatic rings. The first kappa shape index (κ1) is 20.2. The molecule has 1 aliphatic heterocycles. The molecule has 2 rings (SSSR count). The van der Waals surface area contributed by atoms with Crippen LogP contribution in [0.1, 0.15) is 20.3 Å². The minimum atomic E-state index is -0.725. The zero-order chi connectivity index (χ0) is 19.8. The van der Waals surface area contributed by atoms with E-state index < -0.39 is 24.5 Å². The number of carbonyl (C=O) groups is 4. The van der Waals surface area contributed by atoms with Crippen LogP contribution in [0, 0.1) is 5.92 Å². The lowest BCUT2D eigenvalue weighted by atomic mass is 10.2. The molecule has 1 heterocycles. The number of carbonyl (C=O) groups excluding carboxylic acids is 4. The Hall–Kier alpha value is -3.10. The number of anilines is 1. The van der Waals surface area contributed by atoms with E-state index in [-0.39, 0.29) is 31.4 Å². The van der Waals surface area contributed by atoms with Crippen molar-refractivity contribution in [2.24, 2.45) is 5.92 Å². The summed E-state index contributed by atoms with van der Waals surface area (Å²) >= 11 is 0. The SMILES string of the molecule is CC(C)CNC(=O)NC(=O)COC(=O)CCN1C(=O)COc2ccccc21. The van der Waals surface area contributed by atoms with Crippen molar-refractivity contribution in [3.05, 3.63) is 24.3 Å². The first-order chi connectivity index (χ1) is 12.9. The van der Waals surface area contributed by atoms with Gasteiger partial charge in [0.25, 0.3) is 11.8 Å². The highest BCUT2D eigenvalue weighted by atomic mass is 16.5. The normalized spacial score (nSPS) is 12.9. The van der Waals surface area contributed by atoms with E-state index in [2.05, 4.69) is 10.6 Å². The maximum atomic E-state index is 12.0. The smallest absolute Gasteiger partial charge is 0.321 e. The molecule has 9 heteroatoms. The summed E-state index contributed by atoms with van der Waals surface area (Å²) in [5, 5.41) is 4.58. The minimum Gasteiger partial charge on any atom is -0.482 e. The zero-order valence-corrected chi connectivity index (χ0v) is 15.3. The van der Waals surface area contributed by atoms with Gasteiger partial charge in [0.1, 0.15) is 5.75 Å². The maximum Gasteiger partial charge on any atom is 0.321 e. The average Bonchev–Trinajstić information content (AvgIpc) is 2.64. The van der Waals surface area contributed by atoms with E-state index in [0.29, 0.717) is 18.0 Å². The Balaban J connectivity index is 1.74. The van der Waals surface area contributed by atoms with Crippen molar-refractivity contribution in [1.82, 2.24) is 10.6 Å².